The van der Waals surface area contributed by atoms with Crippen LogP contribution in [0.2, 0.25) is 0 Å². The Labute approximate surface area is 167 Å². The summed E-state index contributed by atoms with van der Waals surface area (Å²) in [5.41, 5.74) is 0.356. The second-order valence-corrected chi connectivity index (χ2v) is 8.87. The van der Waals surface area contributed by atoms with Crippen LogP contribution in [0.5, 0.6) is 0 Å². The molecule has 0 atom stereocenters. The molecular formula is C18H20N2O6S2. The lowest BCUT2D eigenvalue weighted by Crippen LogP contribution is -2.22. The topological polar surface area (TPSA) is 119 Å². The molecule has 0 bridgehead atoms. The standard InChI is InChI=1S/C18H20N2O6S2/c1-12(21)19-9-8-15-6-7-17(27-15)16(22)11-26-18(23)13-4-3-5-14(10-13)20-28(2,24)25/h3-7,10,20H,8-9,11H2,1-2H3,(H,19,21). The quantitative estimate of drug-likeness (QED) is 0.468. The minimum absolute atomic E-state index is 0.115. The van der Waals surface area contributed by atoms with Gasteiger partial charge in [0.05, 0.1) is 16.7 Å². The van der Waals surface area contributed by atoms with Gasteiger partial charge in [-0.2, -0.15) is 0 Å². The van der Waals surface area contributed by atoms with E-state index in [9.17, 15) is 22.8 Å². The molecule has 0 aliphatic heterocycles. The van der Waals surface area contributed by atoms with E-state index in [-0.39, 0.29) is 22.9 Å². The van der Waals surface area contributed by atoms with Crippen LogP contribution in [-0.4, -0.2) is 45.5 Å². The fourth-order valence-electron chi connectivity index (χ4n) is 2.23. The van der Waals surface area contributed by atoms with Gasteiger partial charge in [-0.15, -0.1) is 11.3 Å². The molecule has 10 heteroatoms. The first-order valence-corrected chi connectivity index (χ1v) is 11.0. The third kappa shape index (κ3) is 7.12. The number of esters is 1. The van der Waals surface area contributed by atoms with Crippen molar-refractivity contribution in [1.82, 2.24) is 5.32 Å². The number of sulfonamides is 1. The van der Waals surface area contributed by atoms with Gasteiger partial charge in [0.15, 0.2) is 6.61 Å². The van der Waals surface area contributed by atoms with Gasteiger partial charge in [0.25, 0.3) is 0 Å². The molecule has 150 valence electrons. The van der Waals surface area contributed by atoms with E-state index in [1.54, 1.807) is 12.1 Å². The average Bonchev–Trinajstić information content (AvgIpc) is 3.06. The van der Waals surface area contributed by atoms with Gasteiger partial charge in [0, 0.05) is 24.0 Å². The Kier molecular flexibility index (Phi) is 7.30. The van der Waals surface area contributed by atoms with Crippen molar-refractivity contribution in [1.29, 1.82) is 0 Å². The number of benzene rings is 1. The third-order valence-electron chi connectivity index (χ3n) is 3.42. The maximum Gasteiger partial charge on any atom is 0.338 e. The summed E-state index contributed by atoms with van der Waals surface area (Å²) in [6.45, 7) is 1.50. The molecule has 0 unspecified atom stereocenters. The van der Waals surface area contributed by atoms with Crippen LogP contribution in [-0.2, 0) is 26.0 Å². The van der Waals surface area contributed by atoms with E-state index in [1.165, 1.54) is 42.5 Å². The van der Waals surface area contributed by atoms with Crippen molar-refractivity contribution in [3.05, 3.63) is 51.7 Å². The highest BCUT2D eigenvalue weighted by Crippen LogP contribution is 2.18. The second kappa shape index (κ2) is 9.47. The highest BCUT2D eigenvalue weighted by Gasteiger charge is 2.15. The lowest BCUT2D eigenvalue weighted by Gasteiger charge is -2.07. The first kappa shape index (κ1) is 21.6. The number of ketones is 1. The van der Waals surface area contributed by atoms with Gasteiger partial charge in [-0.3, -0.25) is 14.3 Å². The number of amides is 1. The molecule has 0 fully saturated rings. The van der Waals surface area contributed by atoms with E-state index in [2.05, 4.69) is 10.0 Å². The Hall–Kier alpha value is -2.72. The van der Waals surface area contributed by atoms with E-state index in [4.69, 9.17) is 4.74 Å². The van der Waals surface area contributed by atoms with E-state index in [1.807, 2.05) is 0 Å². The van der Waals surface area contributed by atoms with Crippen LogP contribution in [0.1, 0.15) is 31.8 Å². The fraction of sp³-hybridized carbons (Fsp3) is 0.278. The first-order chi connectivity index (χ1) is 13.1. The van der Waals surface area contributed by atoms with Crippen molar-refractivity contribution < 1.29 is 27.5 Å². The summed E-state index contributed by atoms with van der Waals surface area (Å²) >= 11 is 1.28. The van der Waals surface area contributed by atoms with Crippen LogP contribution in [0.4, 0.5) is 5.69 Å². The zero-order valence-electron chi connectivity index (χ0n) is 15.4. The third-order valence-corrected chi connectivity index (χ3v) is 5.21. The van der Waals surface area contributed by atoms with Gasteiger partial charge >= 0.3 is 5.97 Å². The lowest BCUT2D eigenvalue weighted by molar-refractivity contribution is -0.118. The number of nitrogens with one attached hydrogen (secondary N) is 2. The predicted octanol–water partition coefficient (Wildman–Crippen LogP) is 1.84. The number of anilines is 1. The molecule has 0 saturated heterocycles. The summed E-state index contributed by atoms with van der Waals surface area (Å²) in [5.74, 6) is -1.18. The van der Waals surface area contributed by atoms with Gasteiger partial charge in [-0.05, 0) is 36.8 Å². The van der Waals surface area contributed by atoms with Crippen molar-refractivity contribution in [3.63, 3.8) is 0 Å². The summed E-state index contributed by atoms with van der Waals surface area (Å²) in [6.07, 6.45) is 1.61. The number of hydrogen-bond acceptors (Lipinski definition) is 7. The highest BCUT2D eigenvalue weighted by molar-refractivity contribution is 7.92. The number of rotatable bonds is 9. The fourth-order valence-corrected chi connectivity index (χ4v) is 3.72. The molecule has 1 aromatic heterocycles. The number of carbonyl (C=O) groups is 3. The normalized spacial score (nSPS) is 10.9. The minimum atomic E-state index is -3.47. The molecule has 1 heterocycles. The van der Waals surface area contributed by atoms with Crippen LogP contribution in [0.25, 0.3) is 0 Å². The Balaban J connectivity index is 1.90. The largest absolute Gasteiger partial charge is 0.454 e. The number of carbonyl (C=O) groups excluding carboxylic acids is 3. The molecule has 0 spiro atoms. The van der Waals surface area contributed by atoms with Gasteiger partial charge in [-0.1, -0.05) is 6.07 Å². The van der Waals surface area contributed by atoms with Gasteiger partial charge in [0.2, 0.25) is 21.7 Å². The summed E-state index contributed by atoms with van der Waals surface area (Å²) < 4.78 is 29.8. The molecule has 2 aromatic rings. The molecule has 0 radical (unpaired) electrons. The van der Waals surface area contributed by atoms with Crippen molar-refractivity contribution in [2.45, 2.75) is 13.3 Å². The molecule has 8 nitrogen and oxygen atoms in total. The maximum atomic E-state index is 12.2. The van der Waals surface area contributed by atoms with Crippen molar-refractivity contribution >= 4 is 44.7 Å². The number of thiophene rings is 1. The van der Waals surface area contributed by atoms with E-state index >= 15 is 0 Å². The van der Waals surface area contributed by atoms with Crippen LogP contribution < -0.4 is 10.0 Å². The van der Waals surface area contributed by atoms with Gasteiger partial charge < -0.3 is 10.1 Å². The molecule has 2 rings (SSSR count). The molecule has 28 heavy (non-hydrogen) atoms. The number of Topliss-reactive ketones (excluding diaryl/α,β-unsaturated/α-hetero) is 1. The monoisotopic (exact) mass is 424 g/mol. The summed E-state index contributed by atoms with van der Waals surface area (Å²) in [7, 11) is -3.47. The van der Waals surface area contributed by atoms with E-state index in [0.29, 0.717) is 17.8 Å². The van der Waals surface area contributed by atoms with Gasteiger partial charge in [-0.25, -0.2) is 13.2 Å². The van der Waals surface area contributed by atoms with Crippen LogP contribution in [0.3, 0.4) is 0 Å². The average molecular weight is 425 g/mol. The summed E-state index contributed by atoms with van der Waals surface area (Å²) in [6, 6.07) is 9.25. The molecule has 0 saturated carbocycles. The van der Waals surface area contributed by atoms with Crippen molar-refractivity contribution in [2.24, 2.45) is 0 Å². The molecule has 1 amide bonds. The molecule has 0 aliphatic carbocycles. The number of ether oxygens (including phenoxy) is 1. The SMILES string of the molecule is CC(=O)NCCc1ccc(C(=O)COC(=O)c2cccc(NS(C)(=O)=O)c2)s1. The van der Waals surface area contributed by atoms with E-state index in [0.717, 1.165) is 11.1 Å². The van der Waals surface area contributed by atoms with E-state index < -0.39 is 22.6 Å². The molecule has 0 aliphatic rings. The maximum absolute atomic E-state index is 12.2. The first-order valence-electron chi connectivity index (χ1n) is 8.25. The molecular weight excluding hydrogens is 404 g/mol. The van der Waals surface area contributed by atoms with Gasteiger partial charge in [0.1, 0.15) is 0 Å². The Bertz CT molecular complexity index is 981. The molecule has 1 aromatic carbocycles. The second-order valence-electron chi connectivity index (χ2n) is 5.95. The summed E-state index contributed by atoms with van der Waals surface area (Å²) in [5, 5.41) is 2.68. The zero-order chi connectivity index (χ0) is 20.7. The highest BCUT2D eigenvalue weighted by atomic mass is 32.2. The molecule has 2 N–H and O–H groups in total. The zero-order valence-corrected chi connectivity index (χ0v) is 17.0. The Morgan fingerprint density at radius 3 is 2.57 bits per heavy atom. The smallest absolute Gasteiger partial charge is 0.338 e. The predicted molar refractivity (Wildman–Crippen MR) is 106 cm³/mol. The minimum Gasteiger partial charge on any atom is -0.454 e. The van der Waals surface area contributed by atoms with Crippen molar-refractivity contribution in [3.8, 4) is 0 Å². The van der Waals surface area contributed by atoms with Crippen molar-refractivity contribution in [2.75, 3.05) is 24.1 Å². The summed E-state index contributed by atoms with van der Waals surface area (Å²) in [4.78, 5) is 36.6. The van der Waals surface area contributed by atoms with Crippen LogP contribution in [0, 0.1) is 0 Å². The Morgan fingerprint density at radius 2 is 1.89 bits per heavy atom. The number of hydrogen-bond donors (Lipinski definition) is 2. The lowest BCUT2D eigenvalue weighted by atomic mass is 10.2. The Morgan fingerprint density at radius 1 is 1.14 bits per heavy atom. The van der Waals surface area contributed by atoms with Crippen LogP contribution >= 0.6 is 11.3 Å². The van der Waals surface area contributed by atoms with Crippen LogP contribution in [0.15, 0.2) is 36.4 Å².